The molecule has 1 aromatic heterocycles. The third-order valence-corrected chi connectivity index (χ3v) is 5.00. The Morgan fingerprint density at radius 1 is 1.12 bits per heavy atom. The highest BCUT2D eigenvalue weighted by atomic mass is 19.4. The molecule has 3 aromatic rings. The first-order valence-corrected chi connectivity index (χ1v) is 8.40. The van der Waals surface area contributed by atoms with Crippen molar-refractivity contribution in [1.29, 1.82) is 0 Å². The van der Waals surface area contributed by atoms with E-state index in [2.05, 4.69) is 4.98 Å². The zero-order chi connectivity index (χ0) is 18.5. The van der Waals surface area contributed by atoms with Gasteiger partial charge < -0.3 is 9.88 Å². The maximum Gasteiger partial charge on any atom is 0.416 e. The average Bonchev–Trinajstić information content (AvgIpc) is 2.98. The minimum absolute atomic E-state index is 0.0997. The summed E-state index contributed by atoms with van der Waals surface area (Å²) in [5.74, 6) is -0.240. The molecule has 26 heavy (non-hydrogen) atoms. The van der Waals surface area contributed by atoms with Crippen molar-refractivity contribution in [2.45, 2.75) is 25.6 Å². The molecule has 0 bridgehead atoms. The van der Waals surface area contributed by atoms with E-state index in [0.717, 1.165) is 22.5 Å². The maximum absolute atomic E-state index is 13.6. The van der Waals surface area contributed by atoms with Crippen molar-refractivity contribution in [1.82, 2.24) is 9.88 Å². The molecule has 1 aliphatic rings. The minimum atomic E-state index is -4.48. The molecule has 3 nitrogen and oxygen atoms in total. The van der Waals surface area contributed by atoms with Crippen LogP contribution in [0.15, 0.2) is 48.5 Å². The Kier molecular flexibility index (Phi) is 3.79. The molecule has 4 rings (SSSR count). The van der Waals surface area contributed by atoms with Crippen molar-refractivity contribution in [2.75, 3.05) is 6.54 Å². The lowest BCUT2D eigenvalue weighted by Gasteiger charge is -2.36. The van der Waals surface area contributed by atoms with Gasteiger partial charge in [-0.15, -0.1) is 0 Å². The Morgan fingerprint density at radius 3 is 2.54 bits per heavy atom. The zero-order valence-electron chi connectivity index (χ0n) is 14.1. The molecule has 1 N–H and O–H groups in total. The topological polar surface area (TPSA) is 36.1 Å². The number of amides is 1. The highest BCUT2D eigenvalue weighted by Crippen LogP contribution is 2.43. The second kappa shape index (κ2) is 5.90. The number of benzene rings is 2. The summed E-state index contributed by atoms with van der Waals surface area (Å²) in [7, 11) is 0. The van der Waals surface area contributed by atoms with E-state index in [1.165, 1.54) is 24.0 Å². The van der Waals surface area contributed by atoms with Gasteiger partial charge >= 0.3 is 6.18 Å². The summed E-state index contributed by atoms with van der Waals surface area (Å²) in [6, 6.07) is 12.4. The number of hydrogen-bond acceptors (Lipinski definition) is 1. The van der Waals surface area contributed by atoms with Gasteiger partial charge in [0, 0.05) is 30.1 Å². The summed E-state index contributed by atoms with van der Waals surface area (Å²) < 4.78 is 40.8. The third-order valence-electron chi connectivity index (χ3n) is 5.00. The van der Waals surface area contributed by atoms with Crippen LogP contribution in [0, 0.1) is 0 Å². The number of aromatic nitrogens is 1. The van der Waals surface area contributed by atoms with Gasteiger partial charge in [0.15, 0.2) is 0 Å². The van der Waals surface area contributed by atoms with E-state index < -0.39 is 17.8 Å². The molecule has 0 spiro atoms. The number of aromatic amines is 1. The van der Waals surface area contributed by atoms with Crippen LogP contribution in [0.25, 0.3) is 10.9 Å². The summed E-state index contributed by atoms with van der Waals surface area (Å²) in [5, 5.41) is 1.00. The molecule has 134 valence electrons. The molecule has 1 atom stereocenters. The van der Waals surface area contributed by atoms with Gasteiger partial charge in [-0.1, -0.05) is 36.4 Å². The van der Waals surface area contributed by atoms with Crippen molar-refractivity contribution in [3.8, 4) is 0 Å². The molecule has 6 heteroatoms. The van der Waals surface area contributed by atoms with E-state index >= 15 is 0 Å². The number of carbonyl (C=O) groups is 1. The van der Waals surface area contributed by atoms with Crippen LogP contribution >= 0.6 is 0 Å². The van der Waals surface area contributed by atoms with Gasteiger partial charge in [-0.3, -0.25) is 4.79 Å². The first-order chi connectivity index (χ1) is 12.4. The molecule has 1 aliphatic heterocycles. The molecule has 0 radical (unpaired) electrons. The summed E-state index contributed by atoms with van der Waals surface area (Å²) >= 11 is 0. The molecule has 2 heterocycles. The molecule has 1 amide bonds. The van der Waals surface area contributed by atoms with Gasteiger partial charge in [0.25, 0.3) is 0 Å². The standard InChI is InChI=1S/C20H17F3N2O/c1-12(26)25-11-10-14-13-6-3-5-9-17(13)24-18(14)19(25)15-7-2-4-8-16(15)20(21,22)23/h2-9,19,24H,10-11H2,1H3/t19-/m1/s1. The zero-order valence-corrected chi connectivity index (χ0v) is 14.1. The maximum atomic E-state index is 13.6. The molecule has 0 aliphatic carbocycles. The quantitative estimate of drug-likeness (QED) is 0.674. The molecule has 0 unspecified atom stereocenters. The van der Waals surface area contributed by atoms with Crippen molar-refractivity contribution >= 4 is 16.8 Å². The van der Waals surface area contributed by atoms with Crippen LogP contribution in [-0.4, -0.2) is 22.3 Å². The van der Waals surface area contributed by atoms with Gasteiger partial charge in [-0.2, -0.15) is 13.2 Å². The van der Waals surface area contributed by atoms with Gasteiger partial charge in [0.05, 0.1) is 11.6 Å². The number of fused-ring (bicyclic) bond motifs is 3. The van der Waals surface area contributed by atoms with E-state index in [4.69, 9.17) is 0 Å². The first kappa shape index (κ1) is 16.7. The van der Waals surface area contributed by atoms with Gasteiger partial charge in [-0.05, 0) is 29.7 Å². The normalized spacial score (nSPS) is 17.4. The van der Waals surface area contributed by atoms with E-state index in [0.29, 0.717) is 18.7 Å². The smallest absolute Gasteiger partial charge is 0.356 e. The first-order valence-electron chi connectivity index (χ1n) is 8.40. The van der Waals surface area contributed by atoms with E-state index in [9.17, 15) is 18.0 Å². The Hall–Kier alpha value is -2.76. The van der Waals surface area contributed by atoms with Crippen molar-refractivity contribution in [3.05, 3.63) is 70.9 Å². The number of nitrogens with one attached hydrogen (secondary N) is 1. The number of nitrogens with zero attached hydrogens (tertiary/aromatic N) is 1. The molecule has 0 saturated carbocycles. The molecule has 2 aromatic carbocycles. The number of halogens is 3. The fraction of sp³-hybridized carbons (Fsp3) is 0.250. The average molecular weight is 358 g/mol. The molecule has 0 fully saturated rings. The number of H-pyrrole nitrogens is 1. The molecule has 0 saturated heterocycles. The van der Waals surface area contributed by atoms with Crippen LogP contribution in [-0.2, 0) is 17.4 Å². The molecular formula is C20H17F3N2O. The Bertz CT molecular complexity index is 990. The summed E-state index contributed by atoms with van der Waals surface area (Å²) in [5.41, 5.74) is 1.92. The predicted octanol–water partition coefficient (Wildman–Crippen LogP) is 4.68. The van der Waals surface area contributed by atoms with Crippen LogP contribution in [0.4, 0.5) is 13.2 Å². The minimum Gasteiger partial charge on any atom is -0.356 e. The summed E-state index contributed by atoms with van der Waals surface area (Å²) in [4.78, 5) is 17.0. The predicted molar refractivity (Wildman–Crippen MR) is 92.7 cm³/mol. The lowest BCUT2D eigenvalue weighted by atomic mass is 9.89. The highest BCUT2D eigenvalue weighted by molar-refractivity contribution is 5.86. The largest absolute Gasteiger partial charge is 0.416 e. The summed E-state index contributed by atoms with van der Waals surface area (Å²) in [6.45, 7) is 1.79. The van der Waals surface area contributed by atoms with Gasteiger partial charge in [0.2, 0.25) is 5.91 Å². The van der Waals surface area contributed by atoms with Crippen molar-refractivity contribution in [3.63, 3.8) is 0 Å². The van der Waals surface area contributed by atoms with Crippen LogP contribution < -0.4 is 0 Å². The second-order valence-corrected chi connectivity index (χ2v) is 6.51. The fourth-order valence-electron chi connectivity index (χ4n) is 3.90. The monoisotopic (exact) mass is 358 g/mol. The van der Waals surface area contributed by atoms with Crippen LogP contribution in [0.1, 0.15) is 35.3 Å². The lowest BCUT2D eigenvalue weighted by molar-refractivity contribution is -0.140. The van der Waals surface area contributed by atoms with Gasteiger partial charge in [-0.25, -0.2) is 0 Å². The fourth-order valence-corrected chi connectivity index (χ4v) is 3.90. The van der Waals surface area contributed by atoms with Crippen LogP contribution in [0.5, 0.6) is 0 Å². The SMILES string of the molecule is CC(=O)N1CCc2c([nH]c3ccccc23)[C@H]1c1ccccc1C(F)(F)F. The number of para-hydroxylation sites is 1. The van der Waals surface area contributed by atoms with Crippen molar-refractivity contribution in [2.24, 2.45) is 0 Å². The Balaban J connectivity index is 1.98. The second-order valence-electron chi connectivity index (χ2n) is 6.51. The molecular weight excluding hydrogens is 341 g/mol. The number of rotatable bonds is 1. The van der Waals surface area contributed by atoms with E-state index in [-0.39, 0.29) is 11.5 Å². The summed E-state index contributed by atoms with van der Waals surface area (Å²) in [6.07, 6.45) is -3.87. The Morgan fingerprint density at radius 2 is 1.81 bits per heavy atom. The van der Waals surface area contributed by atoms with Crippen molar-refractivity contribution < 1.29 is 18.0 Å². The van der Waals surface area contributed by atoms with Crippen LogP contribution in [0.3, 0.4) is 0 Å². The lowest BCUT2D eigenvalue weighted by Crippen LogP contribution is -2.40. The number of carbonyl (C=O) groups excluding carboxylic acids is 1. The van der Waals surface area contributed by atoms with Crippen LogP contribution in [0.2, 0.25) is 0 Å². The van der Waals surface area contributed by atoms with E-state index in [1.54, 1.807) is 6.07 Å². The number of hydrogen-bond donors (Lipinski definition) is 1. The highest BCUT2D eigenvalue weighted by Gasteiger charge is 2.40. The number of alkyl halides is 3. The van der Waals surface area contributed by atoms with Gasteiger partial charge in [0.1, 0.15) is 0 Å². The van der Waals surface area contributed by atoms with E-state index in [1.807, 2.05) is 24.3 Å². The Labute approximate surface area is 148 Å². The third kappa shape index (κ3) is 2.57.